The predicted molar refractivity (Wildman–Crippen MR) is 156 cm³/mol. The molecule has 0 bridgehead atoms. The average molecular weight is 559 g/mol. The van der Waals surface area contributed by atoms with E-state index in [4.69, 9.17) is 9.39 Å². The summed E-state index contributed by atoms with van der Waals surface area (Å²) in [5, 5.41) is 39.6. The highest BCUT2D eigenvalue weighted by molar-refractivity contribution is 6.58. The summed E-state index contributed by atoms with van der Waals surface area (Å²) in [4.78, 5) is 28.7. The fraction of sp³-hybridized carbons (Fsp3) is 0.400. The second-order valence-electron chi connectivity index (χ2n) is 11.0. The van der Waals surface area contributed by atoms with E-state index in [0.29, 0.717) is 31.6 Å². The number of amides is 2. The van der Waals surface area contributed by atoms with Gasteiger partial charge >= 0.3 is 14.2 Å². The van der Waals surface area contributed by atoms with Crippen molar-refractivity contribution in [3.05, 3.63) is 70.8 Å². The number of phenols is 1. The Bertz CT molecular complexity index is 1360. The Morgan fingerprint density at radius 2 is 1.90 bits per heavy atom. The molecule has 41 heavy (non-hydrogen) atoms. The van der Waals surface area contributed by atoms with Gasteiger partial charge in [-0.15, -0.1) is 0 Å². The van der Waals surface area contributed by atoms with Crippen LogP contribution in [0, 0.1) is 17.8 Å². The molecule has 0 saturated carbocycles. The van der Waals surface area contributed by atoms with Crippen LogP contribution in [0.25, 0.3) is 6.08 Å². The van der Waals surface area contributed by atoms with Crippen molar-refractivity contribution in [2.24, 2.45) is 17.8 Å². The van der Waals surface area contributed by atoms with Crippen LogP contribution in [0.4, 0.5) is 5.69 Å². The lowest BCUT2D eigenvalue weighted by atomic mass is 9.58. The van der Waals surface area contributed by atoms with Crippen molar-refractivity contribution >= 4 is 43.3 Å². The second-order valence-corrected chi connectivity index (χ2v) is 11.0. The minimum atomic E-state index is -1.73. The highest BCUT2D eigenvalue weighted by atomic mass is 16.5. The van der Waals surface area contributed by atoms with E-state index < -0.39 is 32.2 Å². The number of hydrogen-bond donors (Lipinski definition) is 4. The lowest BCUT2D eigenvalue weighted by Gasteiger charge is -2.43. The van der Waals surface area contributed by atoms with Crippen LogP contribution in [0.15, 0.2) is 65.3 Å². The average Bonchev–Trinajstić information content (AvgIpc) is 3.21. The van der Waals surface area contributed by atoms with E-state index in [9.17, 15) is 29.8 Å². The summed E-state index contributed by atoms with van der Waals surface area (Å²) in [6.45, 7) is 2.37. The minimum Gasteiger partial charge on any atom is -0.508 e. The van der Waals surface area contributed by atoms with Gasteiger partial charge in [0.05, 0.1) is 30.2 Å². The number of ether oxygens (including phenoxy) is 1. The first kappa shape index (κ1) is 29.3. The Hall–Kier alpha value is -3.21. The topological polar surface area (TPSA) is 137 Å². The van der Waals surface area contributed by atoms with E-state index in [-0.39, 0.29) is 35.3 Å². The maximum absolute atomic E-state index is 13.9. The van der Waals surface area contributed by atoms with Crippen LogP contribution in [-0.2, 0) is 19.0 Å². The summed E-state index contributed by atoms with van der Waals surface area (Å²) in [6, 6.07) is 13.2. The molecule has 5 rings (SSSR count). The minimum absolute atomic E-state index is 0.186. The van der Waals surface area contributed by atoms with Gasteiger partial charge in [0, 0.05) is 7.11 Å². The number of benzene rings is 2. The lowest BCUT2D eigenvalue weighted by molar-refractivity contribution is -0.122. The summed E-state index contributed by atoms with van der Waals surface area (Å²) in [7, 11) is -1.21. The number of anilines is 1. The van der Waals surface area contributed by atoms with Gasteiger partial charge in [-0.1, -0.05) is 42.8 Å². The third-order valence-corrected chi connectivity index (χ3v) is 8.50. The zero-order valence-corrected chi connectivity index (χ0v) is 23.3. The number of imide groups is 1. The summed E-state index contributed by atoms with van der Waals surface area (Å²) in [5.41, 5.74) is 4.52. The van der Waals surface area contributed by atoms with Crippen LogP contribution in [0.2, 0.25) is 6.32 Å². The fourth-order valence-electron chi connectivity index (χ4n) is 6.62. The molecular formula is C30H35B2NO8. The van der Waals surface area contributed by atoms with Crippen molar-refractivity contribution in [2.75, 3.05) is 18.6 Å². The Morgan fingerprint density at radius 1 is 1.15 bits per heavy atom. The first-order valence-electron chi connectivity index (χ1n) is 14.1. The van der Waals surface area contributed by atoms with E-state index in [2.05, 4.69) is 13.0 Å². The van der Waals surface area contributed by atoms with Gasteiger partial charge in [-0.3, -0.25) is 14.5 Å². The molecule has 2 aromatic rings. The van der Waals surface area contributed by atoms with Crippen LogP contribution < -0.4 is 10.4 Å². The molecule has 4 N–H and O–H groups in total. The zero-order valence-electron chi connectivity index (χ0n) is 23.3. The van der Waals surface area contributed by atoms with Gasteiger partial charge in [-0.05, 0) is 84.4 Å². The van der Waals surface area contributed by atoms with Gasteiger partial charge in [0.15, 0.2) is 0 Å². The maximum Gasteiger partial charge on any atom is 0.488 e. The number of carbonyl (C=O) groups excluding carboxylic acids is 2. The first-order valence-corrected chi connectivity index (χ1v) is 14.1. The quantitative estimate of drug-likeness (QED) is 0.209. The predicted octanol–water partition coefficient (Wildman–Crippen LogP) is 2.29. The van der Waals surface area contributed by atoms with Gasteiger partial charge in [-0.2, -0.15) is 0 Å². The number of hydrogen-bond acceptors (Lipinski definition) is 8. The molecule has 214 valence electrons. The number of methoxy groups -OCH3 is 1. The standard InChI is InChI=1S/C30H35B2NO8/c1-3-18(13-19-7-10-23(34)11-8-19)9-12-26-27-20(17-40-2)14-24-28(25(27)16-31(37)41-26)30(36)33(29(24)35)22-6-4-5-21(15-22)32(38)39/h4-8,10-11,13,15,24-26,28,34,37-39H,3,9,12,14,16-17H2,1-2H3/b18-13+/t24-,25+,26-,28-/m1/s1. The normalized spacial score (nSPS) is 24.6. The van der Waals surface area contributed by atoms with Gasteiger partial charge < -0.3 is 29.6 Å². The maximum atomic E-state index is 13.9. The fourth-order valence-corrected chi connectivity index (χ4v) is 6.62. The third-order valence-electron chi connectivity index (χ3n) is 8.50. The highest BCUT2D eigenvalue weighted by Crippen LogP contribution is 2.51. The Kier molecular flexibility index (Phi) is 8.82. The Balaban J connectivity index is 1.44. The van der Waals surface area contributed by atoms with E-state index in [1.54, 1.807) is 31.4 Å². The molecule has 2 saturated heterocycles. The van der Waals surface area contributed by atoms with Crippen molar-refractivity contribution in [2.45, 2.75) is 45.0 Å². The molecule has 2 fully saturated rings. The molecule has 0 spiro atoms. The molecule has 0 unspecified atom stereocenters. The van der Waals surface area contributed by atoms with Crippen LogP contribution in [0.1, 0.15) is 38.2 Å². The molecule has 3 aliphatic rings. The monoisotopic (exact) mass is 559 g/mol. The second kappa shape index (κ2) is 12.3. The molecule has 1 aliphatic carbocycles. The summed E-state index contributed by atoms with van der Waals surface area (Å²) in [6.07, 6.45) is 4.32. The molecule has 11 heteroatoms. The molecule has 2 aromatic carbocycles. The number of phenolic OH excluding ortho intramolecular Hbond substituents is 1. The largest absolute Gasteiger partial charge is 0.508 e. The molecule has 0 aromatic heterocycles. The van der Waals surface area contributed by atoms with Crippen LogP contribution in [0.5, 0.6) is 5.75 Å². The summed E-state index contributed by atoms with van der Waals surface area (Å²) < 4.78 is 11.6. The van der Waals surface area contributed by atoms with Crippen LogP contribution in [0.3, 0.4) is 0 Å². The molecule has 2 heterocycles. The van der Waals surface area contributed by atoms with Gasteiger partial charge in [0.1, 0.15) is 5.75 Å². The lowest BCUT2D eigenvalue weighted by Crippen LogP contribution is -2.46. The summed E-state index contributed by atoms with van der Waals surface area (Å²) >= 11 is 0. The van der Waals surface area contributed by atoms with Gasteiger partial charge in [-0.25, -0.2) is 0 Å². The number of fused-ring (bicyclic) bond motifs is 3. The van der Waals surface area contributed by atoms with E-state index >= 15 is 0 Å². The Morgan fingerprint density at radius 3 is 2.59 bits per heavy atom. The Labute approximate surface area is 240 Å². The SMILES string of the molecule is CC/C(=C\c1ccc(O)cc1)CC[C@H]1OB(O)C[C@H]2C1=C(COC)C[C@H]1C(=O)N(c3cccc(B(O)O)c3)C(=O)[C@H]12. The number of allylic oxidation sites excluding steroid dienone is 1. The van der Waals surface area contributed by atoms with E-state index in [0.717, 1.165) is 28.0 Å². The van der Waals surface area contributed by atoms with Crippen LogP contribution in [-0.4, -0.2) is 66.1 Å². The zero-order chi connectivity index (χ0) is 29.3. The van der Waals surface area contributed by atoms with Crippen molar-refractivity contribution in [1.29, 1.82) is 0 Å². The smallest absolute Gasteiger partial charge is 0.488 e. The highest BCUT2D eigenvalue weighted by Gasteiger charge is 2.57. The van der Waals surface area contributed by atoms with Crippen molar-refractivity contribution < 1.29 is 39.2 Å². The molecule has 2 amide bonds. The number of rotatable bonds is 9. The third kappa shape index (κ3) is 5.91. The van der Waals surface area contributed by atoms with Gasteiger partial charge in [0.25, 0.3) is 0 Å². The molecule has 2 aliphatic heterocycles. The number of carbonyl (C=O) groups is 2. The first-order chi connectivity index (χ1) is 19.7. The van der Waals surface area contributed by atoms with Crippen LogP contribution >= 0.6 is 0 Å². The number of nitrogens with zero attached hydrogens (tertiary/aromatic N) is 1. The number of aromatic hydroxyl groups is 1. The molecular weight excluding hydrogens is 524 g/mol. The van der Waals surface area contributed by atoms with Gasteiger partial charge in [0.2, 0.25) is 11.8 Å². The van der Waals surface area contributed by atoms with E-state index in [1.807, 2.05) is 12.1 Å². The van der Waals surface area contributed by atoms with Crippen molar-refractivity contribution in [3.8, 4) is 5.75 Å². The molecule has 0 radical (unpaired) electrons. The molecule has 4 atom stereocenters. The van der Waals surface area contributed by atoms with E-state index in [1.165, 1.54) is 17.7 Å². The summed E-state index contributed by atoms with van der Waals surface area (Å²) in [5.74, 6) is -2.11. The molecule has 9 nitrogen and oxygen atoms in total. The van der Waals surface area contributed by atoms with Crippen molar-refractivity contribution in [1.82, 2.24) is 0 Å². The van der Waals surface area contributed by atoms with Crippen molar-refractivity contribution in [3.63, 3.8) is 0 Å².